The molecule has 19 heavy (non-hydrogen) atoms. The first-order valence-electron chi connectivity index (χ1n) is 6.73. The molecule has 110 valence electrons. The van der Waals surface area contributed by atoms with Gasteiger partial charge in [-0.2, -0.15) is 0 Å². The Bertz CT molecular complexity index is 320. The number of hydrogen-bond donors (Lipinski definition) is 1. The van der Waals surface area contributed by atoms with Crippen LogP contribution < -0.4 is 5.32 Å². The smallest absolute Gasteiger partial charge is 0.237 e. The zero-order valence-corrected chi connectivity index (χ0v) is 12.3. The van der Waals surface area contributed by atoms with Gasteiger partial charge in [0.25, 0.3) is 0 Å². The van der Waals surface area contributed by atoms with Crippen LogP contribution >= 0.6 is 0 Å². The van der Waals surface area contributed by atoms with Gasteiger partial charge in [0.15, 0.2) is 0 Å². The summed E-state index contributed by atoms with van der Waals surface area (Å²) in [4.78, 5) is 27.8. The molecule has 1 unspecified atom stereocenters. The molecule has 0 spiro atoms. The highest BCUT2D eigenvalue weighted by molar-refractivity contribution is 5.88. The van der Waals surface area contributed by atoms with Gasteiger partial charge < -0.3 is 15.0 Å². The molecule has 0 bridgehead atoms. The SMILES string of the molecule is COCCN(C(=O)CC1C(=O)NCCN1C)C(C)C. The lowest BCUT2D eigenvalue weighted by Crippen LogP contribution is -2.55. The standard InChI is InChI=1S/C13H25N3O3/c1-10(2)16(7-8-19-4)12(17)9-11-13(18)14-5-6-15(11)3/h10-11H,5-9H2,1-4H3,(H,14,18). The van der Waals surface area contributed by atoms with Crippen LogP contribution in [0.1, 0.15) is 20.3 Å². The van der Waals surface area contributed by atoms with Gasteiger partial charge in [0.2, 0.25) is 11.8 Å². The number of methoxy groups -OCH3 is 1. The molecule has 1 aliphatic rings. The number of amides is 2. The second-order valence-corrected chi connectivity index (χ2v) is 5.17. The molecule has 1 atom stereocenters. The Morgan fingerprint density at radius 3 is 2.79 bits per heavy atom. The molecule has 1 heterocycles. The van der Waals surface area contributed by atoms with Crippen molar-refractivity contribution in [3.63, 3.8) is 0 Å². The Hall–Kier alpha value is -1.14. The fourth-order valence-corrected chi connectivity index (χ4v) is 2.22. The van der Waals surface area contributed by atoms with Gasteiger partial charge in [-0.3, -0.25) is 14.5 Å². The molecule has 1 N–H and O–H groups in total. The molecular formula is C13H25N3O3. The third-order valence-electron chi connectivity index (χ3n) is 3.45. The lowest BCUT2D eigenvalue weighted by atomic mass is 10.1. The van der Waals surface area contributed by atoms with Crippen molar-refractivity contribution in [2.45, 2.75) is 32.4 Å². The molecule has 1 aliphatic heterocycles. The Balaban J connectivity index is 2.61. The third-order valence-corrected chi connectivity index (χ3v) is 3.45. The van der Waals surface area contributed by atoms with Crippen LogP contribution in [0.3, 0.4) is 0 Å². The maximum Gasteiger partial charge on any atom is 0.237 e. The molecule has 0 saturated carbocycles. The fraction of sp³-hybridized carbons (Fsp3) is 0.846. The summed E-state index contributed by atoms with van der Waals surface area (Å²) >= 11 is 0. The van der Waals surface area contributed by atoms with Gasteiger partial charge in [-0.25, -0.2) is 0 Å². The van der Waals surface area contributed by atoms with Gasteiger partial charge in [0, 0.05) is 32.8 Å². The predicted octanol–water partition coefficient (Wildman–Crippen LogP) is -0.310. The van der Waals surface area contributed by atoms with Gasteiger partial charge in [0.05, 0.1) is 19.1 Å². The predicted molar refractivity (Wildman–Crippen MR) is 72.8 cm³/mol. The summed E-state index contributed by atoms with van der Waals surface area (Å²) in [6, 6.07) is -0.246. The van der Waals surface area contributed by atoms with E-state index in [4.69, 9.17) is 4.74 Å². The van der Waals surface area contributed by atoms with E-state index in [9.17, 15) is 9.59 Å². The first-order valence-corrected chi connectivity index (χ1v) is 6.73. The average molecular weight is 271 g/mol. The molecule has 0 aromatic heterocycles. The van der Waals surface area contributed by atoms with Gasteiger partial charge in [-0.1, -0.05) is 0 Å². The number of hydrogen-bond acceptors (Lipinski definition) is 4. The van der Waals surface area contributed by atoms with E-state index >= 15 is 0 Å². The Morgan fingerprint density at radius 1 is 1.58 bits per heavy atom. The second kappa shape index (κ2) is 7.45. The van der Waals surface area contributed by atoms with Gasteiger partial charge in [0.1, 0.15) is 0 Å². The van der Waals surface area contributed by atoms with Crippen LogP contribution in [0, 0.1) is 0 Å². The Kier molecular flexibility index (Phi) is 6.24. The summed E-state index contributed by atoms with van der Waals surface area (Å²) in [6.07, 6.45) is 0.226. The van der Waals surface area contributed by atoms with Crippen molar-refractivity contribution in [3.8, 4) is 0 Å². The number of ether oxygens (including phenoxy) is 1. The van der Waals surface area contributed by atoms with E-state index in [1.165, 1.54) is 0 Å². The highest BCUT2D eigenvalue weighted by Crippen LogP contribution is 2.10. The van der Waals surface area contributed by atoms with Gasteiger partial charge >= 0.3 is 0 Å². The van der Waals surface area contributed by atoms with Crippen molar-refractivity contribution in [2.24, 2.45) is 0 Å². The number of likely N-dealkylation sites (N-methyl/N-ethyl adjacent to an activating group) is 1. The molecule has 0 radical (unpaired) electrons. The normalized spacial score (nSPS) is 20.5. The summed E-state index contributed by atoms with van der Waals surface area (Å²) in [6.45, 7) is 6.44. The van der Waals surface area contributed by atoms with Crippen LogP contribution in [0.25, 0.3) is 0 Å². The maximum absolute atomic E-state index is 12.3. The maximum atomic E-state index is 12.3. The van der Waals surface area contributed by atoms with Crippen molar-refractivity contribution in [1.82, 2.24) is 15.1 Å². The topological polar surface area (TPSA) is 61.9 Å². The molecule has 1 saturated heterocycles. The zero-order chi connectivity index (χ0) is 14.4. The highest BCUT2D eigenvalue weighted by atomic mass is 16.5. The molecular weight excluding hydrogens is 246 g/mol. The van der Waals surface area contributed by atoms with Crippen LogP contribution in [0.5, 0.6) is 0 Å². The quantitative estimate of drug-likeness (QED) is 0.720. The number of carbonyl (C=O) groups is 2. The van der Waals surface area contributed by atoms with Crippen molar-refractivity contribution in [1.29, 1.82) is 0 Å². The van der Waals surface area contributed by atoms with Crippen LogP contribution in [-0.2, 0) is 14.3 Å². The summed E-state index contributed by atoms with van der Waals surface area (Å²) in [7, 11) is 3.50. The number of piperazine rings is 1. The highest BCUT2D eigenvalue weighted by Gasteiger charge is 2.31. The van der Waals surface area contributed by atoms with Crippen molar-refractivity contribution >= 4 is 11.8 Å². The molecule has 1 fully saturated rings. The molecule has 2 amide bonds. The monoisotopic (exact) mass is 271 g/mol. The van der Waals surface area contributed by atoms with Crippen molar-refractivity contribution in [2.75, 3.05) is 40.4 Å². The van der Waals surface area contributed by atoms with Gasteiger partial charge in [-0.05, 0) is 20.9 Å². The third kappa shape index (κ3) is 4.47. The summed E-state index contributed by atoms with van der Waals surface area (Å²) in [5.74, 6) is -0.0569. The van der Waals surface area contributed by atoms with Crippen LogP contribution in [-0.4, -0.2) is 74.1 Å². The molecule has 6 heteroatoms. The fourth-order valence-electron chi connectivity index (χ4n) is 2.22. The first kappa shape index (κ1) is 15.9. The minimum absolute atomic E-state index is 0.000880. The van der Waals surface area contributed by atoms with Gasteiger partial charge in [-0.15, -0.1) is 0 Å². The van der Waals surface area contributed by atoms with E-state index < -0.39 is 0 Å². The van der Waals surface area contributed by atoms with E-state index in [1.807, 2.05) is 25.8 Å². The number of rotatable bonds is 6. The van der Waals surface area contributed by atoms with E-state index in [2.05, 4.69) is 5.32 Å². The molecule has 0 aromatic carbocycles. The first-order chi connectivity index (χ1) is 8.97. The second-order valence-electron chi connectivity index (χ2n) is 5.17. The molecule has 6 nitrogen and oxygen atoms in total. The number of nitrogens with one attached hydrogen (secondary N) is 1. The van der Waals surface area contributed by atoms with Crippen molar-refractivity contribution in [3.05, 3.63) is 0 Å². The summed E-state index contributed by atoms with van der Waals surface area (Å²) in [5.41, 5.74) is 0. The summed E-state index contributed by atoms with van der Waals surface area (Å²) in [5, 5.41) is 2.80. The minimum Gasteiger partial charge on any atom is -0.383 e. The molecule has 0 aliphatic carbocycles. The van der Waals surface area contributed by atoms with E-state index in [-0.39, 0.29) is 30.3 Å². The lowest BCUT2D eigenvalue weighted by molar-refractivity contribution is -0.139. The van der Waals surface area contributed by atoms with Crippen molar-refractivity contribution < 1.29 is 14.3 Å². The Labute approximate surface area is 115 Å². The van der Waals surface area contributed by atoms with E-state index in [1.54, 1.807) is 12.0 Å². The number of nitrogens with zero attached hydrogens (tertiary/aromatic N) is 2. The van der Waals surface area contributed by atoms with E-state index in [0.717, 1.165) is 6.54 Å². The summed E-state index contributed by atoms with van der Waals surface area (Å²) < 4.78 is 5.02. The average Bonchev–Trinajstić information content (AvgIpc) is 2.34. The molecule has 1 rings (SSSR count). The lowest BCUT2D eigenvalue weighted by Gasteiger charge is -2.34. The van der Waals surface area contributed by atoms with E-state index in [0.29, 0.717) is 19.7 Å². The molecule has 0 aromatic rings. The number of carbonyl (C=O) groups excluding carboxylic acids is 2. The van der Waals surface area contributed by atoms with Crippen LogP contribution in [0.4, 0.5) is 0 Å². The zero-order valence-electron chi connectivity index (χ0n) is 12.3. The van der Waals surface area contributed by atoms with Crippen LogP contribution in [0.15, 0.2) is 0 Å². The largest absolute Gasteiger partial charge is 0.383 e. The Morgan fingerprint density at radius 2 is 2.26 bits per heavy atom. The van der Waals surface area contributed by atoms with Crippen LogP contribution in [0.2, 0.25) is 0 Å². The minimum atomic E-state index is -0.356.